The molecule has 0 aromatic heterocycles. The first kappa shape index (κ1) is 12.5. The van der Waals surface area contributed by atoms with Gasteiger partial charge in [0.2, 0.25) is 0 Å². The second-order valence-electron chi connectivity index (χ2n) is 5.23. The first-order valence-electron chi connectivity index (χ1n) is 5.92. The number of aliphatic carboxylic acids is 1. The van der Waals surface area contributed by atoms with E-state index in [1.807, 2.05) is 0 Å². The van der Waals surface area contributed by atoms with E-state index in [2.05, 4.69) is 19.2 Å². The van der Waals surface area contributed by atoms with Crippen LogP contribution in [0.15, 0.2) is 0 Å². The highest BCUT2D eigenvalue weighted by molar-refractivity contribution is 5.78. The van der Waals surface area contributed by atoms with Crippen LogP contribution in [0.5, 0.6) is 0 Å². The molecule has 0 heterocycles. The summed E-state index contributed by atoms with van der Waals surface area (Å²) in [7, 11) is 1.77. The highest BCUT2D eigenvalue weighted by atomic mass is 16.4. The van der Waals surface area contributed by atoms with Crippen LogP contribution in [0.4, 0.5) is 0 Å². The summed E-state index contributed by atoms with van der Waals surface area (Å²) in [5.74, 6) is 0.553. The van der Waals surface area contributed by atoms with Crippen LogP contribution in [0.3, 0.4) is 0 Å². The summed E-state index contributed by atoms with van der Waals surface area (Å²) in [4.78, 5) is 11.3. The van der Waals surface area contributed by atoms with E-state index in [0.29, 0.717) is 11.8 Å². The van der Waals surface area contributed by atoms with Gasteiger partial charge in [0, 0.05) is 0 Å². The molecule has 15 heavy (non-hydrogen) atoms. The summed E-state index contributed by atoms with van der Waals surface area (Å²) in [6, 6.07) is 0. The average Bonchev–Trinajstić information content (AvgIpc) is 2.16. The van der Waals surface area contributed by atoms with Crippen LogP contribution in [-0.2, 0) is 4.79 Å². The molecule has 0 aromatic rings. The number of hydrogen-bond acceptors (Lipinski definition) is 2. The average molecular weight is 213 g/mol. The SMILES string of the molecule is CNC1(C(=O)O)CCCC(CC(C)C)C1. The Morgan fingerprint density at radius 2 is 2.27 bits per heavy atom. The zero-order chi connectivity index (χ0) is 11.5. The van der Waals surface area contributed by atoms with E-state index in [4.69, 9.17) is 0 Å². The van der Waals surface area contributed by atoms with Gasteiger partial charge in [-0.05, 0) is 38.1 Å². The predicted octanol–water partition coefficient (Wildman–Crippen LogP) is 2.27. The molecular weight excluding hydrogens is 190 g/mol. The lowest BCUT2D eigenvalue weighted by atomic mass is 9.73. The molecule has 1 fully saturated rings. The molecule has 0 saturated heterocycles. The minimum absolute atomic E-state index is 0.572. The first-order valence-corrected chi connectivity index (χ1v) is 5.92. The zero-order valence-electron chi connectivity index (χ0n) is 10.0. The third-order valence-corrected chi connectivity index (χ3v) is 3.55. The third kappa shape index (κ3) is 2.94. The van der Waals surface area contributed by atoms with Crippen LogP contribution in [-0.4, -0.2) is 23.7 Å². The van der Waals surface area contributed by atoms with Crippen LogP contribution in [0.25, 0.3) is 0 Å². The van der Waals surface area contributed by atoms with E-state index >= 15 is 0 Å². The molecule has 1 rings (SSSR count). The Morgan fingerprint density at radius 3 is 2.73 bits per heavy atom. The van der Waals surface area contributed by atoms with Gasteiger partial charge in [-0.3, -0.25) is 4.79 Å². The van der Waals surface area contributed by atoms with Crippen LogP contribution < -0.4 is 5.32 Å². The Kier molecular flexibility index (Phi) is 4.14. The molecule has 0 radical (unpaired) electrons. The molecule has 88 valence electrons. The molecule has 1 aliphatic carbocycles. The molecule has 1 saturated carbocycles. The highest BCUT2D eigenvalue weighted by Crippen LogP contribution is 2.35. The van der Waals surface area contributed by atoms with E-state index < -0.39 is 11.5 Å². The second-order valence-corrected chi connectivity index (χ2v) is 5.23. The molecule has 2 N–H and O–H groups in total. The van der Waals surface area contributed by atoms with Crippen molar-refractivity contribution in [2.75, 3.05) is 7.05 Å². The van der Waals surface area contributed by atoms with Crippen LogP contribution in [0, 0.1) is 11.8 Å². The van der Waals surface area contributed by atoms with Gasteiger partial charge in [-0.1, -0.05) is 26.7 Å². The number of carboxylic acid groups (broad SMARTS) is 1. The maximum Gasteiger partial charge on any atom is 0.323 e. The highest BCUT2D eigenvalue weighted by Gasteiger charge is 2.41. The molecule has 0 aliphatic heterocycles. The topological polar surface area (TPSA) is 49.3 Å². The molecule has 0 bridgehead atoms. The van der Waals surface area contributed by atoms with Crippen molar-refractivity contribution in [3.8, 4) is 0 Å². The Hall–Kier alpha value is -0.570. The number of hydrogen-bond donors (Lipinski definition) is 2. The summed E-state index contributed by atoms with van der Waals surface area (Å²) in [6.45, 7) is 4.41. The maximum atomic E-state index is 11.3. The fourth-order valence-electron chi connectivity index (χ4n) is 2.79. The molecule has 2 atom stereocenters. The smallest absolute Gasteiger partial charge is 0.323 e. The van der Waals surface area contributed by atoms with Crippen molar-refractivity contribution in [2.45, 2.75) is 51.5 Å². The molecule has 1 aliphatic rings. The van der Waals surface area contributed by atoms with Gasteiger partial charge in [-0.25, -0.2) is 0 Å². The second kappa shape index (κ2) is 4.97. The zero-order valence-corrected chi connectivity index (χ0v) is 10.0. The monoisotopic (exact) mass is 213 g/mol. The number of likely N-dealkylation sites (N-methyl/N-ethyl adjacent to an activating group) is 1. The Balaban J connectivity index is 2.64. The lowest BCUT2D eigenvalue weighted by Gasteiger charge is -2.38. The van der Waals surface area contributed by atoms with Gasteiger partial charge < -0.3 is 10.4 Å². The molecule has 0 amide bonds. The van der Waals surface area contributed by atoms with Crippen molar-refractivity contribution in [2.24, 2.45) is 11.8 Å². The predicted molar refractivity (Wildman–Crippen MR) is 60.8 cm³/mol. The van der Waals surface area contributed by atoms with Gasteiger partial charge in [0.05, 0.1) is 0 Å². The summed E-state index contributed by atoms with van der Waals surface area (Å²) < 4.78 is 0. The first-order chi connectivity index (χ1) is 7.00. The van der Waals surface area contributed by atoms with Crippen molar-refractivity contribution in [1.82, 2.24) is 5.32 Å². The standard InChI is InChI=1S/C12H23NO2/c1-9(2)7-10-5-4-6-12(8-10,13-3)11(14)15/h9-10,13H,4-8H2,1-3H3,(H,14,15). The lowest BCUT2D eigenvalue weighted by molar-refractivity contribution is -0.147. The van der Waals surface area contributed by atoms with Crippen molar-refractivity contribution in [3.05, 3.63) is 0 Å². The fraction of sp³-hybridized carbons (Fsp3) is 0.917. The normalized spacial score (nSPS) is 31.9. The Labute approximate surface area is 92.3 Å². The van der Waals surface area contributed by atoms with Crippen LogP contribution >= 0.6 is 0 Å². The van der Waals surface area contributed by atoms with Crippen molar-refractivity contribution >= 4 is 5.97 Å². The summed E-state index contributed by atoms with van der Waals surface area (Å²) in [5, 5.41) is 12.3. The van der Waals surface area contributed by atoms with E-state index in [9.17, 15) is 9.90 Å². The van der Waals surface area contributed by atoms with E-state index in [0.717, 1.165) is 25.7 Å². The molecule has 3 nitrogen and oxygen atoms in total. The fourth-order valence-corrected chi connectivity index (χ4v) is 2.79. The Bertz CT molecular complexity index is 228. The van der Waals surface area contributed by atoms with Gasteiger partial charge in [-0.2, -0.15) is 0 Å². The van der Waals surface area contributed by atoms with E-state index in [-0.39, 0.29) is 0 Å². The van der Waals surface area contributed by atoms with Crippen molar-refractivity contribution < 1.29 is 9.90 Å². The third-order valence-electron chi connectivity index (χ3n) is 3.55. The Morgan fingerprint density at radius 1 is 1.60 bits per heavy atom. The summed E-state index contributed by atoms with van der Waals surface area (Å²) in [6.07, 6.45) is 4.93. The minimum atomic E-state index is -0.682. The molecule has 0 spiro atoms. The van der Waals surface area contributed by atoms with Gasteiger partial charge in [0.25, 0.3) is 0 Å². The van der Waals surface area contributed by atoms with E-state index in [1.165, 1.54) is 6.42 Å². The summed E-state index contributed by atoms with van der Waals surface area (Å²) >= 11 is 0. The van der Waals surface area contributed by atoms with Crippen LogP contribution in [0.2, 0.25) is 0 Å². The number of rotatable bonds is 4. The molecule has 2 unspecified atom stereocenters. The number of carboxylic acids is 1. The molecule has 3 heteroatoms. The van der Waals surface area contributed by atoms with Crippen molar-refractivity contribution in [1.29, 1.82) is 0 Å². The van der Waals surface area contributed by atoms with E-state index in [1.54, 1.807) is 7.05 Å². The molecular formula is C12H23NO2. The number of carbonyl (C=O) groups is 1. The van der Waals surface area contributed by atoms with Gasteiger partial charge in [0.1, 0.15) is 5.54 Å². The van der Waals surface area contributed by atoms with Crippen LogP contribution in [0.1, 0.15) is 46.0 Å². The minimum Gasteiger partial charge on any atom is -0.480 e. The lowest BCUT2D eigenvalue weighted by Crippen LogP contribution is -2.53. The van der Waals surface area contributed by atoms with Gasteiger partial charge in [-0.15, -0.1) is 0 Å². The van der Waals surface area contributed by atoms with Gasteiger partial charge >= 0.3 is 5.97 Å². The largest absolute Gasteiger partial charge is 0.480 e. The van der Waals surface area contributed by atoms with Gasteiger partial charge in [0.15, 0.2) is 0 Å². The van der Waals surface area contributed by atoms with Crippen molar-refractivity contribution in [3.63, 3.8) is 0 Å². The number of nitrogens with one attached hydrogen (secondary N) is 1. The molecule has 0 aromatic carbocycles. The summed E-state index contributed by atoms with van der Waals surface area (Å²) in [5.41, 5.74) is -0.655. The quantitative estimate of drug-likeness (QED) is 0.753. The maximum absolute atomic E-state index is 11.3.